The second kappa shape index (κ2) is 9.02. The second-order valence-electron chi connectivity index (χ2n) is 8.02. The maximum atomic E-state index is 13.5. The first-order valence-electron chi connectivity index (χ1n) is 10.7. The van der Waals surface area contributed by atoms with Crippen molar-refractivity contribution in [2.45, 2.75) is 40.0 Å². The average Bonchev–Trinajstić information content (AvgIpc) is 3.10. The number of hydrogen-bond acceptors (Lipinski definition) is 4. The minimum absolute atomic E-state index is 0.00434. The Bertz CT molecular complexity index is 1120. The van der Waals surface area contributed by atoms with Gasteiger partial charge in [0.1, 0.15) is 5.00 Å². The summed E-state index contributed by atoms with van der Waals surface area (Å²) in [5.41, 5.74) is 4.64. The topological polar surface area (TPSA) is 62.3 Å². The molecular formula is C25H27N3O2S. The lowest BCUT2D eigenvalue weighted by atomic mass is 10.0. The quantitative estimate of drug-likeness (QED) is 0.581. The van der Waals surface area contributed by atoms with E-state index in [1.807, 2.05) is 62.1 Å². The van der Waals surface area contributed by atoms with E-state index >= 15 is 0 Å². The third-order valence-corrected chi connectivity index (χ3v) is 6.99. The van der Waals surface area contributed by atoms with Crippen LogP contribution in [0.3, 0.4) is 0 Å². The Balaban J connectivity index is 1.74. The Morgan fingerprint density at radius 2 is 1.68 bits per heavy atom. The molecule has 1 N–H and O–H groups in total. The first-order valence-corrected chi connectivity index (χ1v) is 11.5. The Hall–Kier alpha value is -2.99. The van der Waals surface area contributed by atoms with Crippen molar-refractivity contribution in [3.8, 4) is 10.4 Å². The number of rotatable bonds is 4. The zero-order chi connectivity index (χ0) is 22.0. The van der Waals surface area contributed by atoms with Gasteiger partial charge in [-0.15, -0.1) is 11.3 Å². The molecule has 0 atom stereocenters. The molecule has 0 bridgehead atoms. The number of amides is 2. The number of pyridine rings is 1. The largest absolute Gasteiger partial charge is 0.339 e. The first kappa shape index (κ1) is 21.2. The molecule has 0 aliphatic carbocycles. The molecule has 0 radical (unpaired) electrons. The van der Waals surface area contributed by atoms with Crippen molar-refractivity contribution in [2.24, 2.45) is 0 Å². The van der Waals surface area contributed by atoms with Crippen LogP contribution in [0.4, 0.5) is 5.00 Å². The van der Waals surface area contributed by atoms with Crippen LogP contribution in [0.5, 0.6) is 0 Å². The highest BCUT2D eigenvalue weighted by molar-refractivity contribution is 7.20. The van der Waals surface area contributed by atoms with E-state index in [2.05, 4.69) is 10.3 Å². The number of benzene rings is 1. The summed E-state index contributed by atoms with van der Waals surface area (Å²) in [6.45, 7) is 7.24. The van der Waals surface area contributed by atoms with Crippen LogP contribution in [0.2, 0.25) is 0 Å². The van der Waals surface area contributed by atoms with Gasteiger partial charge in [-0.25, -0.2) is 0 Å². The van der Waals surface area contributed by atoms with Gasteiger partial charge in [-0.2, -0.15) is 0 Å². The summed E-state index contributed by atoms with van der Waals surface area (Å²) in [6.07, 6.45) is 3.21. The number of carbonyl (C=O) groups excluding carboxylic acids is 2. The number of anilines is 1. The van der Waals surface area contributed by atoms with E-state index in [0.717, 1.165) is 54.0 Å². The molecule has 160 valence electrons. The zero-order valence-electron chi connectivity index (χ0n) is 18.2. The normalized spacial score (nSPS) is 13.8. The third kappa shape index (κ3) is 4.39. The van der Waals surface area contributed by atoms with Crippen molar-refractivity contribution in [2.75, 3.05) is 18.4 Å². The molecule has 6 heteroatoms. The number of aromatic nitrogens is 1. The van der Waals surface area contributed by atoms with E-state index < -0.39 is 0 Å². The number of piperidine rings is 1. The highest BCUT2D eigenvalue weighted by atomic mass is 32.1. The van der Waals surface area contributed by atoms with Gasteiger partial charge in [0.15, 0.2) is 0 Å². The summed E-state index contributed by atoms with van der Waals surface area (Å²) in [7, 11) is 0. The number of nitrogens with one attached hydrogen (secondary N) is 1. The minimum Gasteiger partial charge on any atom is -0.339 e. The zero-order valence-corrected chi connectivity index (χ0v) is 19.0. The molecule has 5 nitrogen and oxygen atoms in total. The molecule has 4 rings (SSSR count). The second-order valence-corrected chi connectivity index (χ2v) is 9.04. The predicted octanol–water partition coefficient (Wildman–Crippen LogP) is 5.61. The molecule has 1 aliphatic rings. The van der Waals surface area contributed by atoms with Crippen LogP contribution in [0.1, 0.15) is 56.9 Å². The minimum atomic E-state index is -0.237. The Labute approximate surface area is 187 Å². The van der Waals surface area contributed by atoms with Gasteiger partial charge in [0.05, 0.1) is 16.8 Å². The molecule has 0 spiro atoms. The highest BCUT2D eigenvalue weighted by Crippen LogP contribution is 2.41. The van der Waals surface area contributed by atoms with E-state index in [1.54, 1.807) is 6.07 Å². The van der Waals surface area contributed by atoms with E-state index in [4.69, 9.17) is 0 Å². The van der Waals surface area contributed by atoms with Crippen LogP contribution >= 0.6 is 11.3 Å². The van der Waals surface area contributed by atoms with Crippen molar-refractivity contribution >= 4 is 28.2 Å². The number of hydrogen-bond donors (Lipinski definition) is 1. The van der Waals surface area contributed by atoms with Crippen LogP contribution in [0, 0.1) is 20.8 Å². The average molecular weight is 434 g/mol. The van der Waals surface area contributed by atoms with Gasteiger partial charge in [-0.05, 0) is 63.3 Å². The lowest BCUT2D eigenvalue weighted by Gasteiger charge is -2.27. The van der Waals surface area contributed by atoms with Gasteiger partial charge in [0, 0.05) is 23.7 Å². The van der Waals surface area contributed by atoms with Gasteiger partial charge in [0.25, 0.3) is 11.8 Å². The summed E-state index contributed by atoms with van der Waals surface area (Å²) in [5.74, 6) is -0.233. The maximum absolute atomic E-state index is 13.5. The molecule has 3 heterocycles. The van der Waals surface area contributed by atoms with E-state index in [1.165, 1.54) is 11.3 Å². The standard InChI is InChI=1S/C25H27N3O2S/c1-16-12-13-20(18(3)26-16)23(29)27-24-21(25(30)28-14-8-5-9-15-28)17(2)22(31-24)19-10-6-4-7-11-19/h4,6-7,10-13H,5,8-9,14-15H2,1-3H3,(H,27,29). The van der Waals surface area contributed by atoms with Crippen LogP contribution < -0.4 is 5.32 Å². The summed E-state index contributed by atoms with van der Waals surface area (Å²) < 4.78 is 0. The number of carbonyl (C=O) groups is 2. The maximum Gasteiger partial charge on any atom is 0.258 e. The molecule has 31 heavy (non-hydrogen) atoms. The monoisotopic (exact) mass is 433 g/mol. The third-order valence-electron chi connectivity index (χ3n) is 5.74. The molecule has 0 saturated carbocycles. The van der Waals surface area contributed by atoms with Crippen LogP contribution in [0.25, 0.3) is 10.4 Å². The van der Waals surface area contributed by atoms with Gasteiger partial charge < -0.3 is 10.2 Å². The van der Waals surface area contributed by atoms with E-state index in [-0.39, 0.29) is 11.8 Å². The summed E-state index contributed by atoms with van der Waals surface area (Å²) in [5, 5.41) is 3.64. The summed E-state index contributed by atoms with van der Waals surface area (Å²) in [6, 6.07) is 13.6. The van der Waals surface area contributed by atoms with Crippen molar-refractivity contribution in [3.05, 3.63) is 70.5 Å². The fraction of sp³-hybridized carbons (Fsp3) is 0.320. The fourth-order valence-corrected chi connectivity index (χ4v) is 5.28. The van der Waals surface area contributed by atoms with Gasteiger partial charge >= 0.3 is 0 Å². The number of likely N-dealkylation sites (tertiary alicyclic amines) is 1. The molecule has 2 amide bonds. The molecule has 1 aromatic carbocycles. The lowest BCUT2D eigenvalue weighted by molar-refractivity contribution is 0.0725. The van der Waals surface area contributed by atoms with Gasteiger partial charge in [-0.3, -0.25) is 14.6 Å². The van der Waals surface area contributed by atoms with E-state index in [0.29, 0.717) is 21.8 Å². The van der Waals surface area contributed by atoms with Crippen LogP contribution in [-0.2, 0) is 0 Å². The van der Waals surface area contributed by atoms with E-state index in [9.17, 15) is 9.59 Å². The SMILES string of the molecule is Cc1ccc(C(=O)Nc2sc(-c3ccccc3)c(C)c2C(=O)N2CCCCC2)c(C)n1. The molecule has 1 saturated heterocycles. The lowest BCUT2D eigenvalue weighted by Crippen LogP contribution is -2.36. The first-order chi connectivity index (χ1) is 15.0. The van der Waals surface area contributed by atoms with Gasteiger partial charge in [-0.1, -0.05) is 30.3 Å². The smallest absolute Gasteiger partial charge is 0.258 e. The number of nitrogens with zero attached hydrogens (tertiary/aromatic N) is 2. The van der Waals surface area contributed by atoms with Crippen molar-refractivity contribution in [1.82, 2.24) is 9.88 Å². The van der Waals surface area contributed by atoms with Crippen molar-refractivity contribution in [1.29, 1.82) is 0 Å². The Morgan fingerprint density at radius 1 is 0.968 bits per heavy atom. The van der Waals surface area contributed by atoms with Crippen LogP contribution in [-0.4, -0.2) is 34.8 Å². The van der Waals surface area contributed by atoms with Gasteiger partial charge in [0.2, 0.25) is 0 Å². The van der Waals surface area contributed by atoms with Crippen LogP contribution in [0.15, 0.2) is 42.5 Å². The molecule has 2 aromatic heterocycles. The number of thiophene rings is 1. The molecular weight excluding hydrogens is 406 g/mol. The van der Waals surface area contributed by atoms with Crippen molar-refractivity contribution < 1.29 is 9.59 Å². The molecule has 0 unspecified atom stereocenters. The molecule has 3 aromatic rings. The Kier molecular flexibility index (Phi) is 6.18. The summed E-state index contributed by atoms with van der Waals surface area (Å²) >= 11 is 1.46. The Morgan fingerprint density at radius 3 is 2.35 bits per heavy atom. The predicted molar refractivity (Wildman–Crippen MR) is 126 cm³/mol. The molecule has 1 fully saturated rings. The molecule has 1 aliphatic heterocycles. The summed E-state index contributed by atoms with van der Waals surface area (Å²) in [4.78, 5) is 33.9. The van der Waals surface area contributed by atoms with Crippen molar-refractivity contribution in [3.63, 3.8) is 0 Å². The number of aryl methyl sites for hydroxylation is 2. The fourth-order valence-electron chi connectivity index (χ4n) is 4.08. The highest BCUT2D eigenvalue weighted by Gasteiger charge is 2.28.